The summed E-state index contributed by atoms with van der Waals surface area (Å²) in [6.07, 6.45) is 0.830. The standard InChI is InChI=1S/C26H28ClNO2/c1-4-24(21-15-13-20(14-16-21)18(2)3)28-26(29)22-11-9-19(10-12-22)17-30-25-8-6-5-7-23(25)27/h5-16,18,24H,4,17H2,1-3H3,(H,28,29)/t24-/m0/s1. The van der Waals surface area contributed by atoms with E-state index in [2.05, 4.69) is 50.4 Å². The van der Waals surface area contributed by atoms with Crippen molar-refractivity contribution in [1.82, 2.24) is 5.32 Å². The third-order valence-electron chi connectivity index (χ3n) is 5.17. The van der Waals surface area contributed by atoms with Crippen LogP contribution in [-0.2, 0) is 6.61 Å². The van der Waals surface area contributed by atoms with E-state index in [9.17, 15) is 4.79 Å². The van der Waals surface area contributed by atoms with E-state index in [4.69, 9.17) is 16.3 Å². The van der Waals surface area contributed by atoms with Gasteiger partial charge in [0.25, 0.3) is 5.91 Å². The number of carbonyl (C=O) groups is 1. The molecule has 1 N–H and O–H groups in total. The van der Waals surface area contributed by atoms with Gasteiger partial charge in [-0.15, -0.1) is 0 Å². The van der Waals surface area contributed by atoms with E-state index in [-0.39, 0.29) is 11.9 Å². The smallest absolute Gasteiger partial charge is 0.251 e. The van der Waals surface area contributed by atoms with Crippen molar-refractivity contribution in [3.05, 3.63) is 100 Å². The number of carbonyl (C=O) groups excluding carboxylic acids is 1. The van der Waals surface area contributed by atoms with Crippen LogP contribution < -0.4 is 10.1 Å². The van der Waals surface area contributed by atoms with Crippen molar-refractivity contribution in [2.75, 3.05) is 0 Å². The van der Waals surface area contributed by atoms with Gasteiger partial charge in [0, 0.05) is 5.56 Å². The molecule has 0 bridgehead atoms. The number of ether oxygens (including phenoxy) is 1. The van der Waals surface area contributed by atoms with Gasteiger partial charge in [-0.1, -0.05) is 80.9 Å². The summed E-state index contributed by atoms with van der Waals surface area (Å²) in [7, 11) is 0. The Labute approximate surface area is 184 Å². The first-order valence-electron chi connectivity index (χ1n) is 10.3. The number of rotatable bonds is 8. The second-order valence-corrected chi connectivity index (χ2v) is 8.08. The van der Waals surface area contributed by atoms with Crippen molar-refractivity contribution in [3.8, 4) is 5.75 Å². The van der Waals surface area contributed by atoms with Crippen molar-refractivity contribution in [2.24, 2.45) is 0 Å². The second-order valence-electron chi connectivity index (χ2n) is 7.67. The fourth-order valence-electron chi connectivity index (χ4n) is 3.25. The van der Waals surface area contributed by atoms with Crippen molar-refractivity contribution in [3.63, 3.8) is 0 Å². The van der Waals surface area contributed by atoms with Gasteiger partial charge in [-0.2, -0.15) is 0 Å². The second kappa shape index (κ2) is 10.3. The van der Waals surface area contributed by atoms with E-state index in [0.717, 1.165) is 17.5 Å². The quantitative estimate of drug-likeness (QED) is 0.428. The summed E-state index contributed by atoms with van der Waals surface area (Å²) in [5.41, 5.74) is 4.03. The number of para-hydroxylation sites is 1. The van der Waals surface area contributed by atoms with Crippen LogP contribution >= 0.6 is 11.6 Å². The average Bonchev–Trinajstić information content (AvgIpc) is 2.77. The summed E-state index contributed by atoms with van der Waals surface area (Å²) >= 11 is 6.12. The molecule has 4 heteroatoms. The van der Waals surface area contributed by atoms with E-state index in [0.29, 0.717) is 28.9 Å². The minimum absolute atomic E-state index is 0.0121. The fraction of sp³-hybridized carbons (Fsp3) is 0.269. The third-order valence-corrected chi connectivity index (χ3v) is 5.48. The summed E-state index contributed by atoms with van der Waals surface area (Å²) in [4.78, 5) is 12.7. The summed E-state index contributed by atoms with van der Waals surface area (Å²) < 4.78 is 5.76. The summed E-state index contributed by atoms with van der Waals surface area (Å²) in [6, 6.07) is 23.3. The van der Waals surface area contributed by atoms with E-state index in [1.165, 1.54) is 5.56 Å². The van der Waals surface area contributed by atoms with E-state index in [1.807, 2.05) is 42.5 Å². The molecule has 0 unspecified atom stereocenters. The molecule has 30 heavy (non-hydrogen) atoms. The van der Waals surface area contributed by atoms with Crippen LogP contribution in [0.25, 0.3) is 0 Å². The molecule has 0 saturated heterocycles. The van der Waals surface area contributed by atoms with Gasteiger partial charge in [0.1, 0.15) is 12.4 Å². The highest BCUT2D eigenvalue weighted by molar-refractivity contribution is 6.32. The lowest BCUT2D eigenvalue weighted by atomic mass is 9.98. The number of halogens is 1. The molecular formula is C26H28ClNO2. The van der Waals surface area contributed by atoms with Gasteiger partial charge in [0.2, 0.25) is 0 Å². The van der Waals surface area contributed by atoms with E-state index < -0.39 is 0 Å². The van der Waals surface area contributed by atoms with Crippen molar-refractivity contribution < 1.29 is 9.53 Å². The van der Waals surface area contributed by atoms with Crippen LogP contribution in [0.1, 0.15) is 66.2 Å². The molecule has 156 valence electrons. The number of nitrogens with one attached hydrogen (secondary N) is 1. The minimum Gasteiger partial charge on any atom is -0.487 e. The fourth-order valence-corrected chi connectivity index (χ4v) is 3.44. The Morgan fingerprint density at radius 2 is 1.57 bits per heavy atom. The Hall–Kier alpha value is -2.78. The number of benzene rings is 3. The van der Waals surface area contributed by atoms with E-state index in [1.54, 1.807) is 6.07 Å². The lowest BCUT2D eigenvalue weighted by Crippen LogP contribution is -2.28. The van der Waals surface area contributed by atoms with Crippen molar-refractivity contribution >= 4 is 17.5 Å². The molecule has 1 amide bonds. The zero-order valence-electron chi connectivity index (χ0n) is 17.7. The molecule has 3 aromatic rings. The van der Waals surface area contributed by atoms with Gasteiger partial charge in [-0.05, 0) is 53.3 Å². The predicted octanol–water partition coefficient (Wildman–Crippen LogP) is 6.92. The predicted molar refractivity (Wildman–Crippen MR) is 123 cm³/mol. The molecule has 3 rings (SSSR count). The summed E-state index contributed by atoms with van der Waals surface area (Å²) in [5.74, 6) is 1.07. The molecule has 1 atom stereocenters. The largest absolute Gasteiger partial charge is 0.487 e. The van der Waals surface area contributed by atoms with Crippen LogP contribution in [0.4, 0.5) is 0 Å². The van der Waals surface area contributed by atoms with Crippen LogP contribution in [-0.4, -0.2) is 5.91 Å². The van der Waals surface area contributed by atoms with Crippen molar-refractivity contribution in [1.29, 1.82) is 0 Å². The lowest BCUT2D eigenvalue weighted by molar-refractivity contribution is 0.0935. The van der Waals surface area contributed by atoms with Gasteiger partial charge in [-0.3, -0.25) is 4.79 Å². The first kappa shape index (κ1) is 21.9. The normalized spacial score (nSPS) is 11.9. The molecular weight excluding hydrogens is 394 g/mol. The highest BCUT2D eigenvalue weighted by Crippen LogP contribution is 2.24. The molecule has 3 aromatic carbocycles. The zero-order chi connectivity index (χ0) is 21.5. The Balaban J connectivity index is 1.61. The zero-order valence-corrected chi connectivity index (χ0v) is 18.4. The molecule has 0 fully saturated rings. The van der Waals surface area contributed by atoms with Gasteiger partial charge >= 0.3 is 0 Å². The maximum absolute atomic E-state index is 12.7. The molecule has 0 aliphatic carbocycles. The Bertz CT molecular complexity index is 965. The van der Waals surface area contributed by atoms with Gasteiger partial charge in [0.05, 0.1) is 11.1 Å². The average molecular weight is 422 g/mol. The van der Waals surface area contributed by atoms with Gasteiger partial charge in [-0.25, -0.2) is 0 Å². The third kappa shape index (κ3) is 5.64. The monoisotopic (exact) mass is 421 g/mol. The van der Waals surface area contributed by atoms with E-state index >= 15 is 0 Å². The minimum atomic E-state index is -0.0756. The Kier molecular flexibility index (Phi) is 7.53. The van der Waals surface area contributed by atoms with Crippen LogP contribution in [0.2, 0.25) is 5.02 Å². The molecule has 0 aromatic heterocycles. The highest BCUT2D eigenvalue weighted by atomic mass is 35.5. The van der Waals surface area contributed by atoms with Crippen LogP contribution in [0.5, 0.6) is 5.75 Å². The maximum atomic E-state index is 12.7. The maximum Gasteiger partial charge on any atom is 0.251 e. The SMILES string of the molecule is CC[C@H](NC(=O)c1ccc(COc2ccccc2Cl)cc1)c1ccc(C(C)C)cc1. The highest BCUT2D eigenvalue weighted by Gasteiger charge is 2.14. The molecule has 0 radical (unpaired) electrons. The molecule has 0 spiro atoms. The molecule has 3 nitrogen and oxygen atoms in total. The van der Waals surface area contributed by atoms with Crippen LogP contribution in [0.15, 0.2) is 72.8 Å². The molecule has 0 aliphatic rings. The van der Waals surface area contributed by atoms with Crippen LogP contribution in [0, 0.1) is 0 Å². The molecule has 0 aliphatic heterocycles. The number of hydrogen-bond acceptors (Lipinski definition) is 2. The topological polar surface area (TPSA) is 38.3 Å². The summed E-state index contributed by atoms with van der Waals surface area (Å²) in [6.45, 7) is 6.83. The van der Waals surface area contributed by atoms with Gasteiger partial charge in [0.15, 0.2) is 0 Å². The van der Waals surface area contributed by atoms with Gasteiger partial charge < -0.3 is 10.1 Å². The first-order chi connectivity index (χ1) is 14.5. The number of amides is 1. The lowest BCUT2D eigenvalue weighted by Gasteiger charge is -2.18. The molecule has 0 heterocycles. The Morgan fingerprint density at radius 1 is 0.933 bits per heavy atom. The Morgan fingerprint density at radius 3 is 2.17 bits per heavy atom. The molecule has 0 saturated carbocycles. The van der Waals surface area contributed by atoms with Crippen molar-refractivity contribution in [2.45, 2.75) is 45.8 Å². The van der Waals surface area contributed by atoms with Crippen LogP contribution in [0.3, 0.4) is 0 Å². The first-order valence-corrected chi connectivity index (χ1v) is 10.7. The summed E-state index contributed by atoms with van der Waals surface area (Å²) in [5, 5.41) is 3.73. The number of hydrogen-bond donors (Lipinski definition) is 1.